The number of hydrogen-bond acceptors (Lipinski definition) is 2. The molecule has 0 aliphatic carbocycles. The SMILES string of the molecule is Cl.Nc1ccc2c(c1)CN1CCCCC1C2. The molecule has 0 spiro atoms. The zero-order chi connectivity index (χ0) is 10.3. The first-order valence-corrected chi connectivity index (χ1v) is 5.94. The predicted molar refractivity (Wildman–Crippen MR) is 69.9 cm³/mol. The Kier molecular flexibility index (Phi) is 3.41. The molecule has 0 radical (unpaired) electrons. The molecule has 2 N–H and O–H groups in total. The number of piperidine rings is 1. The molecule has 0 aromatic heterocycles. The molecule has 0 amide bonds. The summed E-state index contributed by atoms with van der Waals surface area (Å²) in [7, 11) is 0. The van der Waals surface area contributed by atoms with Gasteiger partial charge < -0.3 is 5.73 Å². The van der Waals surface area contributed by atoms with Crippen molar-refractivity contribution in [1.29, 1.82) is 0 Å². The van der Waals surface area contributed by atoms with E-state index in [-0.39, 0.29) is 12.4 Å². The first-order valence-electron chi connectivity index (χ1n) is 5.94. The molecule has 2 heterocycles. The highest BCUT2D eigenvalue weighted by molar-refractivity contribution is 5.85. The molecule has 1 saturated heterocycles. The van der Waals surface area contributed by atoms with E-state index in [1.54, 1.807) is 0 Å². The van der Waals surface area contributed by atoms with Gasteiger partial charge in [-0.3, -0.25) is 4.90 Å². The van der Waals surface area contributed by atoms with Gasteiger partial charge in [0.1, 0.15) is 0 Å². The lowest BCUT2D eigenvalue weighted by Crippen LogP contribution is -2.43. The van der Waals surface area contributed by atoms with Crippen LogP contribution < -0.4 is 5.73 Å². The monoisotopic (exact) mass is 238 g/mol. The number of nitrogen functional groups attached to an aromatic ring is 1. The van der Waals surface area contributed by atoms with E-state index >= 15 is 0 Å². The first kappa shape index (κ1) is 11.7. The Balaban J connectivity index is 0.000000963. The number of anilines is 1. The topological polar surface area (TPSA) is 29.3 Å². The second-order valence-corrected chi connectivity index (χ2v) is 4.85. The van der Waals surface area contributed by atoms with Gasteiger partial charge in [0, 0.05) is 18.3 Å². The quantitative estimate of drug-likeness (QED) is 0.704. The van der Waals surface area contributed by atoms with Crippen LogP contribution in [0.5, 0.6) is 0 Å². The molecule has 3 heteroatoms. The highest BCUT2D eigenvalue weighted by Crippen LogP contribution is 2.30. The largest absolute Gasteiger partial charge is 0.399 e. The minimum absolute atomic E-state index is 0. The number of hydrogen-bond donors (Lipinski definition) is 1. The molecule has 2 aliphatic heterocycles. The molecule has 2 aliphatic rings. The Morgan fingerprint density at radius 2 is 2.06 bits per heavy atom. The summed E-state index contributed by atoms with van der Waals surface area (Å²) in [5.74, 6) is 0. The summed E-state index contributed by atoms with van der Waals surface area (Å²) in [5, 5.41) is 0. The molecule has 3 rings (SSSR count). The summed E-state index contributed by atoms with van der Waals surface area (Å²) in [5.41, 5.74) is 9.71. The third kappa shape index (κ3) is 2.04. The van der Waals surface area contributed by atoms with Crippen LogP contribution in [0.15, 0.2) is 18.2 Å². The van der Waals surface area contributed by atoms with E-state index < -0.39 is 0 Å². The van der Waals surface area contributed by atoms with Gasteiger partial charge in [-0.05, 0) is 49.1 Å². The van der Waals surface area contributed by atoms with Gasteiger partial charge in [-0.2, -0.15) is 0 Å². The number of nitrogens with two attached hydrogens (primary N) is 1. The van der Waals surface area contributed by atoms with E-state index in [0.29, 0.717) is 0 Å². The van der Waals surface area contributed by atoms with Crippen molar-refractivity contribution in [2.45, 2.75) is 38.3 Å². The number of benzene rings is 1. The average Bonchev–Trinajstić information content (AvgIpc) is 2.26. The van der Waals surface area contributed by atoms with Crippen LogP contribution >= 0.6 is 12.4 Å². The van der Waals surface area contributed by atoms with Crippen LogP contribution in [-0.4, -0.2) is 17.5 Å². The van der Waals surface area contributed by atoms with Gasteiger partial charge in [0.2, 0.25) is 0 Å². The number of rotatable bonds is 0. The molecule has 88 valence electrons. The van der Waals surface area contributed by atoms with E-state index in [9.17, 15) is 0 Å². The van der Waals surface area contributed by atoms with E-state index in [4.69, 9.17) is 5.73 Å². The van der Waals surface area contributed by atoms with Gasteiger partial charge in [-0.25, -0.2) is 0 Å². The molecule has 1 atom stereocenters. The molecule has 1 aromatic carbocycles. The van der Waals surface area contributed by atoms with E-state index in [0.717, 1.165) is 18.3 Å². The molecule has 1 fully saturated rings. The van der Waals surface area contributed by atoms with Crippen LogP contribution in [0.1, 0.15) is 30.4 Å². The standard InChI is InChI=1S/C13H18N2.ClH/c14-12-5-4-10-8-13-3-1-2-6-15(13)9-11(10)7-12;/h4-5,7,13H,1-3,6,8-9,14H2;1H. The average molecular weight is 239 g/mol. The van der Waals surface area contributed by atoms with E-state index in [1.165, 1.54) is 43.4 Å². The summed E-state index contributed by atoms with van der Waals surface area (Å²) in [6.45, 7) is 2.39. The van der Waals surface area contributed by atoms with Gasteiger partial charge in [0.05, 0.1) is 0 Å². The fourth-order valence-corrected chi connectivity index (χ4v) is 2.96. The fraction of sp³-hybridized carbons (Fsp3) is 0.538. The summed E-state index contributed by atoms with van der Waals surface area (Å²) < 4.78 is 0. The van der Waals surface area contributed by atoms with Crippen molar-refractivity contribution in [3.63, 3.8) is 0 Å². The van der Waals surface area contributed by atoms with Crippen molar-refractivity contribution >= 4 is 18.1 Å². The van der Waals surface area contributed by atoms with E-state index in [2.05, 4.69) is 17.0 Å². The Bertz CT molecular complexity index is 378. The highest BCUT2D eigenvalue weighted by Gasteiger charge is 2.27. The van der Waals surface area contributed by atoms with Gasteiger partial charge in [-0.1, -0.05) is 12.5 Å². The van der Waals surface area contributed by atoms with Crippen molar-refractivity contribution < 1.29 is 0 Å². The van der Waals surface area contributed by atoms with Crippen LogP contribution in [0, 0.1) is 0 Å². The predicted octanol–water partition coefficient (Wildman–Crippen LogP) is 2.60. The van der Waals surface area contributed by atoms with Crippen molar-refractivity contribution in [2.24, 2.45) is 0 Å². The second-order valence-electron chi connectivity index (χ2n) is 4.85. The molecular formula is C13H19ClN2. The summed E-state index contributed by atoms with van der Waals surface area (Å²) >= 11 is 0. The Morgan fingerprint density at radius 1 is 1.19 bits per heavy atom. The molecule has 0 bridgehead atoms. The maximum atomic E-state index is 5.83. The van der Waals surface area contributed by atoms with Gasteiger partial charge in [0.25, 0.3) is 0 Å². The normalized spacial score (nSPS) is 24.1. The molecule has 1 aromatic rings. The number of nitrogens with zero attached hydrogens (tertiary/aromatic N) is 1. The number of halogens is 1. The third-order valence-electron chi connectivity index (χ3n) is 3.81. The molecule has 2 nitrogen and oxygen atoms in total. The van der Waals surface area contributed by atoms with Crippen LogP contribution in [0.2, 0.25) is 0 Å². The summed E-state index contributed by atoms with van der Waals surface area (Å²) in [6, 6.07) is 7.21. The van der Waals surface area contributed by atoms with Crippen LogP contribution in [-0.2, 0) is 13.0 Å². The van der Waals surface area contributed by atoms with Crippen LogP contribution in [0.3, 0.4) is 0 Å². The number of fused-ring (bicyclic) bond motifs is 2. The maximum absolute atomic E-state index is 5.83. The van der Waals surface area contributed by atoms with Crippen LogP contribution in [0.4, 0.5) is 5.69 Å². The maximum Gasteiger partial charge on any atom is 0.0317 e. The minimum Gasteiger partial charge on any atom is -0.399 e. The Hall–Kier alpha value is -0.730. The molecule has 0 saturated carbocycles. The minimum atomic E-state index is 0. The smallest absolute Gasteiger partial charge is 0.0317 e. The molecule has 16 heavy (non-hydrogen) atoms. The lowest BCUT2D eigenvalue weighted by molar-refractivity contribution is 0.127. The van der Waals surface area contributed by atoms with Crippen molar-refractivity contribution in [2.75, 3.05) is 12.3 Å². The second kappa shape index (κ2) is 4.64. The van der Waals surface area contributed by atoms with Gasteiger partial charge >= 0.3 is 0 Å². The van der Waals surface area contributed by atoms with Crippen molar-refractivity contribution in [3.05, 3.63) is 29.3 Å². The third-order valence-corrected chi connectivity index (χ3v) is 3.81. The highest BCUT2D eigenvalue weighted by atomic mass is 35.5. The molecule has 1 unspecified atom stereocenters. The van der Waals surface area contributed by atoms with Crippen molar-refractivity contribution in [1.82, 2.24) is 4.90 Å². The lowest BCUT2D eigenvalue weighted by atomic mass is 9.88. The summed E-state index contributed by atoms with van der Waals surface area (Å²) in [6.07, 6.45) is 5.39. The zero-order valence-corrected chi connectivity index (χ0v) is 10.3. The Morgan fingerprint density at radius 3 is 2.94 bits per heavy atom. The van der Waals surface area contributed by atoms with E-state index in [1.807, 2.05) is 6.07 Å². The fourth-order valence-electron chi connectivity index (χ4n) is 2.96. The van der Waals surface area contributed by atoms with Gasteiger partial charge in [0.15, 0.2) is 0 Å². The Labute approximate surface area is 103 Å². The molecular weight excluding hydrogens is 220 g/mol. The summed E-state index contributed by atoms with van der Waals surface area (Å²) in [4.78, 5) is 2.63. The lowest BCUT2D eigenvalue weighted by Gasteiger charge is -2.40. The van der Waals surface area contributed by atoms with Crippen molar-refractivity contribution in [3.8, 4) is 0 Å². The van der Waals surface area contributed by atoms with Crippen LogP contribution in [0.25, 0.3) is 0 Å². The van der Waals surface area contributed by atoms with Gasteiger partial charge in [-0.15, -0.1) is 12.4 Å². The first-order chi connectivity index (χ1) is 7.33. The zero-order valence-electron chi connectivity index (χ0n) is 9.48.